The van der Waals surface area contributed by atoms with Gasteiger partial charge in [-0.2, -0.15) is 21.0 Å². The fraction of sp³-hybridized carbons (Fsp3) is 0.611. The first-order valence-electron chi connectivity index (χ1n) is 8.40. The Kier molecular flexibility index (Phi) is 7.21. The molecule has 1 unspecified atom stereocenters. The van der Waals surface area contributed by atoms with Gasteiger partial charge in [-0.3, -0.25) is 4.79 Å². The van der Waals surface area contributed by atoms with Crippen LogP contribution >= 0.6 is 0 Å². The molecule has 1 rings (SSSR count). The summed E-state index contributed by atoms with van der Waals surface area (Å²) in [5.41, 5.74) is -6.22. The summed E-state index contributed by atoms with van der Waals surface area (Å²) in [6.07, 6.45) is -6.36. The number of rotatable bonds is 7. The normalized spacial score (nSPS) is 31.8. The number of carbonyl (C=O) groups is 1. The number of nitriles is 4. The van der Waals surface area contributed by atoms with Crippen molar-refractivity contribution >= 4 is 5.78 Å². The van der Waals surface area contributed by atoms with Gasteiger partial charge in [0.15, 0.2) is 11.7 Å². The van der Waals surface area contributed by atoms with Gasteiger partial charge in [0.05, 0.1) is 18.7 Å². The minimum Gasteiger partial charge on any atom is -0.394 e. The van der Waals surface area contributed by atoms with Crippen LogP contribution in [0.1, 0.15) is 20.3 Å². The molecule has 0 aromatic rings. The topological polar surface area (TPSA) is 212 Å². The second-order valence-electron chi connectivity index (χ2n) is 6.51. The van der Waals surface area contributed by atoms with E-state index in [0.717, 1.165) is 0 Å². The Morgan fingerprint density at radius 1 is 1.28 bits per heavy atom. The van der Waals surface area contributed by atoms with Crippen LogP contribution in [0.25, 0.3) is 0 Å². The Labute approximate surface area is 166 Å². The second kappa shape index (κ2) is 8.65. The molecule has 0 spiro atoms. The molecule has 1 aliphatic rings. The zero-order valence-corrected chi connectivity index (χ0v) is 15.7. The van der Waals surface area contributed by atoms with E-state index in [0.29, 0.717) is 0 Å². The molecule has 11 heteroatoms. The van der Waals surface area contributed by atoms with Crippen LogP contribution in [-0.2, 0) is 14.3 Å². The lowest BCUT2D eigenvalue weighted by Crippen LogP contribution is -2.78. The van der Waals surface area contributed by atoms with E-state index in [1.54, 1.807) is 0 Å². The molecular formula is C18H20N4O7. The van der Waals surface area contributed by atoms with Gasteiger partial charge in [-0.25, -0.2) is 0 Å². The van der Waals surface area contributed by atoms with Crippen molar-refractivity contribution in [3.8, 4) is 24.3 Å². The van der Waals surface area contributed by atoms with E-state index >= 15 is 0 Å². The van der Waals surface area contributed by atoms with E-state index in [1.165, 1.54) is 38.1 Å². The van der Waals surface area contributed by atoms with Crippen molar-refractivity contribution in [2.45, 2.75) is 55.6 Å². The van der Waals surface area contributed by atoms with Crippen LogP contribution in [0.2, 0.25) is 0 Å². The number of hydrogen-bond donors (Lipinski definition) is 4. The molecule has 1 heterocycles. The summed E-state index contributed by atoms with van der Waals surface area (Å²) in [6.45, 7) is 4.97. The van der Waals surface area contributed by atoms with Crippen LogP contribution in [0.4, 0.5) is 0 Å². The Morgan fingerprint density at radius 2 is 1.79 bits per heavy atom. The van der Waals surface area contributed by atoms with Crippen molar-refractivity contribution in [3.05, 3.63) is 12.2 Å². The smallest absolute Gasteiger partial charge is 0.272 e. The van der Waals surface area contributed by atoms with Gasteiger partial charge in [0.25, 0.3) is 5.60 Å². The molecule has 5 atom stereocenters. The molecule has 11 nitrogen and oxygen atoms in total. The molecule has 154 valence electrons. The first-order chi connectivity index (χ1) is 13.5. The second-order valence-corrected chi connectivity index (χ2v) is 6.51. The minimum absolute atomic E-state index is 0.289. The summed E-state index contributed by atoms with van der Waals surface area (Å²) in [5, 5.41) is 78.8. The van der Waals surface area contributed by atoms with Crippen molar-refractivity contribution in [3.63, 3.8) is 0 Å². The number of aliphatic hydroxyl groups is 4. The third-order valence-corrected chi connectivity index (χ3v) is 4.76. The van der Waals surface area contributed by atoms with Crippen molar-refractivity contribution in [2.75, 3.05) is 6.61 Å². The van der Waals surface area contributed by atoms with Crippen LogP contribution in [0.15, 0.2) is 12.2 Å². The van der Waals surface area contributed by atoms with Gasteiger partial charge in [-0.15, -0.1) is 0 Å². The molecule has 0 saturated carbocycles. The first-order valence-corrected chi connectivity index (χ1v) is 8.40. The molecule has 1 aliphatic heterocycles. The monoisotopic (exact) mass is 404 g/mol. The molecule has 0 radical (unpaired) electrons. The van der Waals surface area contributed by atoms with E-state index in [1.807, 2.05) is 0 Å². The fourth-order valence-corrected chi connectivity index (χ4v) is 3.11. The van der Waals surface area contributed by atoms with Gasteiger partial charge in [0.1, 0.15) is 30.5 Å². The van der Waals surface area contributed by atoms with Gasteiger partial charge >= 0.3 is 0 Å². The third kappa shape index (κ3) is 3.48. The van der Waals surface area contributed by atoms with E-state index < -0.39 is 60.0 Å². The SMILES string of the molecule is C=C(C)C(=O)[C@]1(O)[C@@H](O)[C@H](O)[C@@H](CO)OC1(CC)OC(C#N)(C#N)C(C#N)C#N. The largest absolute Gasteiger partial charge is 0.394 e. The first kappa shape index (κ1) is 24.2. The highest BCUT2D eigenvalue weighted by molar-refractivity contribution is 6.02. The average molecular weight is 404 g/mol. The third-order valence-electron chi connectivity index (χ3n) is 4.76. The van der Waals surface area contributed by atoms with Crippen LogP contribution in [0.3, 0.4) is 0 Å². The maximum atomic E-state index is 12.8. The molecule has 29 heavy (non-hydrogen) atoms. The number of aliphatic hydroxyl groups excluding tert-OH is 3. The van der Waals surface area contributed by atoms with E-state index in [-0.39, 0.29) is 5.57 Å². The summed E-state index contributed by atoms with van der Waals surface area (Å²) in [6, 6.07) is 5.59. The maximum absolute atomic E-state index is 12.8. The highest BCUT2D eigenvalue weighted by Crippen LogP contribution is 2.46. The molecular weight excluding hydrogens is 384 g/mol. The molecule has 1 fully saturated rings. The number of Topliss-reactive ketones (excluding diaryl/α,β-unsaturated/α-hetero) is 1. The Morgan fingerprint density at radius 3 is 2.14 bits per heavy atom. The predicted octanol–water partition coefficient (Wildman–Crippen LogP) is -1.45. The highest BCUT2D eigenvalue weighted by atomic mass is 16.7. The zero-order valence-electron chi connectivity index (χ0n) is 15.7. The molecule has 1 saturated heterocycles. The van der Waals surface area contributed by atoms with Crippen LogP contribution < -0.4 is 0 Å². The lowest BCUT2D eigenvalue weighted by molar-refractivity contribution is -0.402. The number of nitrogens with zero attached hydrogens (tertiary/aromatic N) is 4. The molecule has 0 aromatic heterocycles. The van der Waals surface area contributed by atoms with E-state index in [2.05, 4.69) is 6.58 Å². The average Bonchev–Trinajstić information content (AvgIpc) is 2.73. The predicted molar refractivity (Wildman–Crippen MR) is 91.5 cm³/mol. The molecule has 0 aromatic carbocycles. The highest BCUT2D eigenvalue weighted by Gasteiger charge is 2.70. The lowest BCUT2D eigenvalue weighted by Gasteiger charge is -2.55. The van der Waals surface area contributed by atoms with Crippen LogP contribution in [0, 0.1) is 51.2 Å². The van der Waals surface area contributed by atoms with Crippen molar-refractivity contribution in [1.82, 2.24) is 0 Å². The zero-order chi connectivity index (χ0) is 22.6. The summed E-state index contributed by atoms with van der Waals surface area (Å²) < 4.78 is 10.8. The Bertz CT molecular complexity index is 820. The number of ether oxygens (including phenoxy) is 2. The quantitative estimate of drug-likeness (QED) is 0.360. The summed E-state index contributed by atoms with van der Waals surface area (Å²) in [7, 11) is 0. The number of hydrogen-bond acceptors (Lipinski definition) is 11. The van der Waals surface area contributed by atoms with Crippen molar-refractivity contribution < 1.29 is 34.7 Å². The molecule has 0 aliphatic carbocycles. The fourth-order valence-electron chi connectivity index (χ4n) is 3.11. The van der Waals surface area contributed by atoms with Gasteiger partial charge < -0.3 is 29.9 Å². The lowest BCUT2D eigenvalue weighted by atomic mass is 9.73. The van der Waals surface area contributed by atoms with Crippen LogP contribution in [0.5, 0.6) is 0 Å². The molecule has 0 bridgehead atoms. The summed E-state index contributed by atoms with van der Waals surface area (Å²) >= 11 is 0. The van der Waals surface area contributed by atoms with Gasteiger partial charge in [-0.1, -0.05) is 13.5 Å². The minimum atomic E-state index is -3.09. The number of carbonyl (C=O) groups excluding carboxylic acids is 1. The summed E-state index contributed by atoms with van der Waals surface area (Å²) in [4.78, 5) is 12.8. The van der Waals surface area contributed by atoms with E-state index in [9.17, 15) is 35.7 Å². The Balaban J connectivity index is 3.84. The van der Waals surface area contributed by atoms with Crippen molar-refractivity contribution in [1.29, 1.82) is 21.0 Å². The van der Waals surface area contributed by atoms with Crippen molar-refractivity contribution in [2.24, 2.45) is 5.92 Å². The van der Waals surface area contributed by atoms with Gasteiger partial charge in [0.2, 0.25) is 11.4 Å². The Hall–Kier alpha value is -2.87. The molecule has 0 amide bonds. The standard InChI is InChI=1S/C18H20N4O7/c1-4-17(29-16(8-21,9-22)11(5-19)6-20)18(27,14(25)10(2)3)15(26)13(24)12(7-23)28-17/h11-13,15,23-24,26-27H,2,4,7H2,1,3H3/t12-,13-,15+,17?,18+/m1/s1. The van der Waals surface area contributed by atoms with E-state index in [4.69, 9.17) is 20.0 Å². The van der Waals surface area contributed by atoms with Gasteiger partial charge in [0, 0.05) is 6.42 Å². The van der Waals surface area contributed by atoms with Crippen LogP contribution in [-0.4, -0.2) is 68.1 Å². The number of ketones is 1. The van der Waals surface area contributed by atoms with Gasteiger partial charge in [-0.05, 0) is 12.5 Å². The summed E-state index contributed by atoms with van der Waals surface area (Å²) in [5.74, 6) is -5.94. The maximum Gasteiger partial charge on any atom is 0.272 e. The molecule has 4 N–H and O–H groups in total.